The summed E-state index contributed by atoms with van der Waals surface area (Å²) in [6.45, 7) is 0. The molecule has 0 aromatic heterocycles. The van der Waals surface area contributed by atoms with Crippen LogP contribution in [0.2, 0.25) is 0 Å². The first-order valence-electron chi connectivity index (χ1n) is 7.80. The molecule has 1 atom stereocenters. The van der Waals surface area contributed by atoms with Gasteiger partial charge in [0.1, 0.15) is 6.04 Å². The van der Waals surface area contributed by atoms with Gasteiger partial charge >= 0.3 is 5.97 Å². The molecule has 0 heterocycles. The van der Waals surface area contributed by atoms with E-state index in [0.29, 0.717) is 5.56 Å². The van der Waals surface area contributed by atoms with E-state index in [1.165, 1.54) is 0 Å². The topological polar surface area (TPSA) is 66.4 Å². The van der Waals surface area contributed by atoms with Gasteiger partial charge in [0.25, 0.3) is 5.91 Å². The van der Waals surface area contributed by atoms with E-state index >= 15 is 0 Å². The van der Waals surface area contributed by atoms with E-state index in [1.54, 1.807) is 12.1 Å². The molecule has 0 bridgehead atoms. The number of carboxylic acids is 1. The maximum atomic E-state index is 12.7. The van der Waals surface area contributed by atoms with Gasteiger partial charge in [0.15, 0.2) is 0 Å². The standard InChI is InChI=1S/C20H16INO3/c21-15-8-3-5-13(11-15)12-18(20(24)25)22-19(23)17-10-4-7-14-6-1-2-9-16(14)17/h1-11,18H,12H2,(H,22,23)(H,24,25)/t18-/m0/s1. The zero-order valence-electron chi connectivity index (χ0n) is 13.3. The first-order chi connectivity index (χ1) is 12.0. The predicted octanol–water partition coefficient (Wildman–Crippen LogP) is 3.87. The van der Waals surface area contributed by atoms with Crippen molar-refractivity contribution in [3.8, 4) is 0 Å². The molecule has 4 nitrogen and oxygen atoms in total. The molecule has 3 aromatic rings. The smallest absolute Gasteiger partial charge is 0.326 e. The Morgan fingerprint density at radius 3 is 2.48 bits per heavy atom. The average Bonchev–Trinajstić information content (AvgIpc) is 2.60. The lowest BCUT2D eigenvalue weighted by Gasteiger charge is -2.16. The fourth-order valence-corrected chi connectivity index (χ4v) is 3.37. The minimum absolute atomic E-state index is 0.239. The van der Waals surface area contributed by atoms with Gasteiger partial charge in [-0.2, -0.15) is 0 Å². The molecule has 0 saturated heterocycles. The van der Waals surface area contributed by atoms with Crippen LogP contribution in [0.25, 0.3) is 10.8 Å². The lowest BCUT2D eigenvalue weighted by molar-refractivity contribution is -0.139. The number of hydrogen-bond acceptors (Lipinski definition) is 2. The fraction of sp³-hybridized carbons (Fsp3) is 0.100. The van der Waals surface area contributed by atoms with Crippen LogP contribution >= 0.6 is 22.6 Å². The Hall–Kier alpha value is -2.41. The van der Waals surface area contributed by atoms with Crippen LogP contribution in [0.5, 0.6) is 0 Å². The summed E-state index contributed by atoms with van der Waals surface area (Å²) in [5.41, 5.74) is 1.35. The number of hydrogen-bond donors (Lipinski definition) is 2. The molecule has 0 radical (unpaired) electrons. The molecule has 1 amide bonds. The molecule has 0 unspecified atom stereocenters. The molecule has 0 fully saturated rings. The summed E-state index contributed by atoms with van der Waals surface area (Å²) in [4.78, 5) is 24.3. The average molecular weight is 445 g/mol. The number of amides is 1. The molecule has 0 saturated carbocycles. The van der Waals surface area contributed by atoms with Crippen molar-refractivity contribution in [1.29, 1.82) is 0 Å². The highest BCUT2D eigenvalue weighted by atomic mass is 127. The van der Waals surface area contributed by atoms with Gasteiger partial charge in [0.2, 0.25) is 0 Å². The quantitative estimate of drug-likeness (QED) is 0.587. The molecule has 0 spiro atoms. The minimum atomic E-state index is -1.05. The number of halogens is 1. The third kappa shape index (κ3) is 4.17. The number of fused-ring (bicyclic) bond motifs is 1. The van der Waals surface area contributed by atoms with Gasteiger partial charge in [0, 0.05) is 15.6 Å². The van der Waals surface area contributed by atoms with Crippen LogP contribution < -0.4 is 5.32 Å². The van der Waals surface area contributed by atoms with Gasteiger partial charge < -0.3 is 10.4 Å². The predicted molar refractivity (Wildman–Crippen MR) is 106 cm³/mol. The summed E-state index contributed by atoms with van der Waals surface area (Å²) >= 11 is 2.18. The van der Waals surface area contributed by atoms with Crippen LogP contribution in [0, 0.1) is 3.57 Å². The van der Waals surface area contributed by atoms with E-state index in [0.717, 1.165) is 19.9 Å². The SMILES string of the molecule is O=C(N[C@@H](Cc1cccc(I)c1)C(=O)O)c1cccc2ccccc12. The second kappa shape index (κ2) is 7.65. The van der Waals surface area contributed by atoms with Gasteiger partial charge in [-0.25, -0.2) is 4.79 Å². The first-order valence-corrected chi connectivity index (χ1v) is 8.88. The summed E-state index contributed by atoms with van der Waals surface area (Å²) in [5.74, 6) is -1.43. The molecule has 5 heteroatoms. The van der Waals surface area contributed by atoms with E-state index in [4.69, 9.17) is 0 Å². The van der Waals surface area contributed by atoms with Crippen molar-refractivity contribution in [2.75, 3.05) is 0 Å². The maximum absolute atomic E-state index is 12.7. The van der Waals surface area contributed by atoms with E-state index < -0.39 is 12.0 Å². The third-order valence-corrected chi connectivity index (χ3v) is 4.64. The number of aliphatic carboxylic acids is 1. The van der Waals surface area contributed by atoms with Crippen LogP contribution in [0.15, 0.2) is 66.7 Å². The molecule has 0 aliphatic heterocycles. The van der Waals surface area contributed by atoms with Gasteiger partial charge in [-0.15, -0.1) is 0 Å². The molecule has 0 aliphatic rings. The molecule has 126 valence electrons. The van der Waals surface area contributed by atoms with Crippen molar-refractivity contribution in [1.82, 2.24) is 5.32 Å². The van der Waals surface area contributed by atoms with Crippen molar-refractivity contribution in [2.45, 2.75) is 12.5 Å². The highest BCUT2D eigenvalue weighted by molar-refractivity contribution is 14.1. The maximum Gasteiger partial charge on any atom is 0.326 e. The molecule has 3 aromatic carbocycles. The van der Waals surface area contributed by atoms with Gasteiger partial charge in [-0.1, -0.05) is 48.5 Å². The molecule has 3 rings (SSSR count). The van der Waals surface area contributed by atoms with E-state index in [-0.39, 0.29) is 12.3 Å². The Labute approximate surface area is 159 Å². The summed E-state index contributed by atoms with van der Waals surface area (Å²) in [6, 6.07) is 19.6. The molecule has 2 N–H and O–H groups in total. The van der Waals surface area contributed by atoms with Crippen molar-refractivity contribution >= 4 is 45.2 Å². The van der Waals surface area contributed by atoms with E-state index in [2.05, 4.69) is 27.9 Å². The summed E-state index contributed by atoms with van der Waals surface area (Å²) < 4.78 is 1.03. The Balaban J connectivity index is 1.84. The van der Waals surface area contributed by atoms with Crippen LogP contribution in [0.4, 0.5) is 0 Å². The van der Waals surface area contributed by atoms with E-state index in [9.17, 15) is 14.7 Å². The van der Waals surface area contributed by atoms with Gasteiger partial charge in [-0.05, 0) is 57.1 Å². The zero-order valence-corrected chi connectivity index (χ0v) is 15.4. The van der Waals surface area contributed by atoms with Crippen molar-refractivity contribution in [3.05, 3.63) is 81.4 Å². The van der Waals surface area contributed by atoms with Crippen LogP contribution in [0.1, 0.15) is 15.9 Å². The number of carbonyl (C=O) groups excluding carboxylic acids is 1. The summed E-state index contributed by atoms with van der Waals surface area (Å²) in [7, 11) is 0. The monoisotopic (exact) mass is 445 g/mol. The van der Waals surface area contributed by atoms with Crippen molar-refractivity contribution < 1.29 is 14.7 Å². The molecular formula is C20H16INO3. The molecule has 25 heavy (non-hydrogen) atoms. The lowest BCUT2D eigenvalue weighted by Crippen LogP contribution is -2.42. The minimum Gasteiger partial charge on any atom is -0.480 e. The number of nitrogens with one attached hydrogen (secondary N) is 1. The number of rotatable bonds is 5. The van der Waals surface area contributed by atoms with Gasteiger partial charge in [-0.3, -0.25) is 4.79 Å². The molecule has 0 aliphatic carbocycles. The van der Waals surface area contributed by atoms with Crippen molar-refractivity contribution in [2.24, 2.45) is 0 Å². The Morgan fingerprint density at radius 1 is 1.00 bits per heavy atom. The second-order valence-corrected chi connectivity index (χ2v) is 6.97. The Bertz CT molecular complexity index is 934. The molecular weight excluding hydrogens is 429 g/mol. The van der Waals surface area contributed by atoms with Crippen LogP contribution in [-0.4, -0.2) is 23.0 Å². The van der Waals surface area contributed by atoms with Crippen LogP contribution in [0.3, 0.4) is 0 Å². The fourth-order valence-electron chi connectivity index (χ4n) is 2.76. The largest absolute Gasteiger partial charge is 0.480 e. The number of benzene rings is 3. The summed E-state index contributed by atoms with van der Waals surface area (Å²) in [5, 5.41) is 13.9. The lowest BCUT2D eigenvalue weighted by atomic mass is 10.0. The summed E-state index contributed by atoms with van der Waals surface area (Å²) in [6.07, 6.45) is 0.239. The third-order valence-electron chi connectivity index (χ3n) is 3.97. The normalized spacial score (nSPS) is 11.9. The Morgan fingerprint density at radius 2 is 1.72 bits per heavy atom. The zero-order chi connectivity index (χ0) is 17.8. The Kier molecular flexibility index (Phi) is 5.33. The van der Waals surface area contributed by atoms with Crippen LogP contribution in [-0.2, 0) is 11.2 Å². The highest BCUT2D eigenvalue weighted by Crippen LogP contribution is 2.19. The second-order valence-electron chi connectivity index (χ2n) is 5.73. The van der Waals surface area contributed by atoms with E-state index in [1.807, 2.05) is 54.6 Å². The number of carbonyl (C=O) groups is 2. The first kappa shape index (κ1) is 17.4. The van der Waals surface area contributed by atoms with Crippen molar-refractivity contribution in [3.63, 3.8) is 0 Å². The highest BCUT2D eigenvalue weighted by Gasteiger charge is 2.22. The van der Waals surface area contributed by atoms with Gasteiger partial charge in [0.05, 0.1) is 0 Å². The number of carboxylic acid groups (broad SMARTS) is 1.